The summed E-state index contributed by atoms with van der Waals surface area (Å²) in [5, 5.41) is 5.81. The number of halogens is 1. The molecule has 2 aromatic carbocycles. The van der Waals surface area contributed by atoms with Gasteiger partial charge in [0.2, 0.25) is 5.91 Å². The Hall–Kier alpha value is -2.41. The first-order chi connectivity index (χ1) is 13.1. The minimum Gasteiger partial charge on any atom is -0.381 e. The van der Waals surface area contributed by atoms with E-state index in [9.17, 15) is 9.59 Å². The number of hydrogen-bond acceptors (Lipinski definition) is 4. The van der Waals surface area contributed by atoms with Gasteiger partial charge in [-0.1, -0.05) is 30.3 Å². The Morgan fingerprint density at radius 2 is 1.68 bits per heavy atom. The summed E-state index contributed by atoms with van der Waals surface area (Å²) in [6, 6.07) is 16.0. The van der Waals surface area contributed by atoms with Crippen LogP contribution in [-0.4, -0.2) is 37.1 Å². The van der Waals surface area contributed by atoms with E-state index in [0.29, 0.717) is 30.9 Å². The van der Waals surface area contributed by atoms with Crippen LogP contribution >= 0.6 is 12.4 Å². The van der Waals surface area contributed by atoms with Gasteiger partial charge in [-0.3, -0.25) is 9.59 Å². The first-order valence-electron chi connectivity index (χ1n) is 9.21. The van der Waals surface area contributed by atoms with Crippen molar-refractivity contribution in [3.63, 3.8) is 0 Å². The molecule has 1 aliphatic heterocycles. The number of ether oxygens (including phenoxy) is 1. The summed E-state index contributed by atoms with van der Waals surface area (Å²) < 4.78 is 5.29. The second-order valence-corrected chi connectivity index (χ2v) is 6.72. The lowest BCUT2D eigenvalue weighted by atomic mass is 10.1. The predicted octanol–water partition coefficient (Wildman–Crippen LogP) is 2.53. The molecule has 7 heteroatoms. The van der Waals surface area contributed by atoms with Crippen molar-refractivity contribution in [2.45, 2.75) is 31.3 Å². The minimum absolute atomic E-state index is 0. The number of benzene rings is 2. The van der Waals surface area contributed by atoms with Crippen LogP contribution in [0.25, 0.3) is 0 Å². The average Bonchev–Trinajstić information content (AvgIpc) is 2.70. The maximum Gasteiger partial charge on any atom is 0.251 e. The lowest BCUT2D eigenvalue weighted by molar-refractivity contribution is -0.117. The van der Waals surface area contributed by atoms with Gasteiger partial charge in [0.25, 0.3) is 5.91 Å². The van der Waals surface area contributed by atoms with Crippen LogP contribution in [0.1, 0.15) is 28.8 Å². The molecule has 0 unspecified atom stereocenters. The van der Waals surface area contributed by atoms with Crippen molar-refractivity contribution in [1.29, 1.82) is 0 Å². The summed E-state index contributed by atoms with van der Waals surface area (Å²) in [6.45, 7) is 1.36. The standard InChI is InChI=1S/C21H25N3O3.ClH/c22-19(14-15-4-2-1-3-5-15)21(26)24-17-8-6-16(7-9-17)20(25)23-18-10-12-27-13-11-18;/h1-9,18-19H,10-14,22H2,(H,23,25)(H,24,26);1H/t19-;/m0./s1. The Kier molecular flexibility index (Phi) is 8.44. The number of nitrogens with one attached hydrogen (secondary N) is 2. The van der Waals surface area contributed by atoms with E-state index in [4.69, 9.17) is 10.5 Å². The molecular weight excluding hydrogens is 378 g/mol. The molecule has 6 nitrogen and oxygen atoms in total. The molecule has 4 N–H and O–H groups in total. The molecule has 28 heavy (non-hydrogen) atoms. The van der Waals surface area contributed by atoms with E-state index in [1.165, 1.54) is 0 Å². The average molecular weight is 404 g/mol. The summed E-state index contributed by atoms with van der Waals surface area (Å²) >= 11 is 0. The highest BCUT2D eigenvalue weighted by Gasteiger charge is 2.17. The van der Waals surface area contributed by atoms with Crippen LogP contribution in [0.15, 0.2) is 54.6 Å². The molecule has 1 aliphatic rings. The number of amides is 2. The summed E-state index contributed by atoms with van der Waals surface area (Å²) in [7, 11) is 0. The second kappa shape index (κ2) is 10.8. The Labute approximate surface area is 171 Å². The number of anilines is 1. The number of nitrogens with two attached hydrogens (primary N) is 1. The molecule has 150 valence electrons. The van der Waals surface area contributed by atoms with E-state index in [-0.39, 0.29) is 30.3 Å². The zero-order valence-electron chi connectivity index (χ0n) is 15.6. The summed E-state index contributed by atoms with van der Waals surface area (Å²) in [5.74, 6) is -0.362. The fraction of sp³-hybridized carbons (Fsp3) is 0.333. The number of carbonyl (C=O) groups excluding carboxylic acids is 2. The van der Waals surface area contributed by atoms with Crippen LogP contribution in [0, 0.1) is 0 Å². The SMILES string of the molecule is Cl.N[C@@H](Cc1ccccc1)C(=O)Nc1ccc(C(=O)NC2CCOCC2)cc1. The fourth-order valence-corrected chi connectivity index (χ4v) is 3.01. The van der Waals surface area contributed by atoms with Gasteiger partial charge in [-0.2, -0.15) is 0 Å². The van der Waals surface area contributed by atoms with Gasteiger partial charge in [0.1, 0.15) is 0 Å². The van der Waals surface area contributed by atoms with Crippen molar-refractivity contribution in [2.24, 2.45) is 5.73 Å². The molecule has 0 radical (unpaired) electrons. The summed E-state index contributed by atoms with van der Waals surface area (Å²) in [4.78, 5) is 24.6. The molecule has 3 rings (SSSR count). The van der Waals surface area contributed by atoms with Crippen molar-refractivity contribution in [1.82, 2.24) is 5.32 Å². The van der Waals surface area contributed by atoms with E-state index < -0.39 is 6.04 Å². The Morgan fingerprint density at radius 3 is 2.32 bits per heavy atom. The van der Waals surface area contributed by atoms with E-state index in [1.54, 1.807) is 24.3 Å². The van der Waals surface area contributed by atoms with Crippen LogP contribution in [0.3, 0.4) is 0 Å². The molecule has 0 aromatic heterocycles. The molecule has 0 spiro atoms. The van der Waals surface area contributed by atoms with Gasteiger partial charge in [-0.05, 0) is 49.1 Å². The first kappa shape index (κ1) is 21.9. The van der Waals surface area contributed by atoms with Crippen molar-refractivity contribution in [2.75, 3.05) is 18.5 Å². The summed E-state index contributed by atoms with van der Waals surface area (Å²) in [6.07, 6.45) is 2.14. The van der Waals surface area contributed by atoms with Gasteiger partial charge < -0.3 is 21.1 Å². The van der Waals surface area contributed by atoms with E-state index >= 15 is 0 Å². The highest BCUT2D eigenvalue weighted by atomic mass is 35.5. The molecule has 1 fully saturated rings. The molecule has 2 amide bonds. The van der Waals surface area contributed by atoms with Gasteiger partial charge in [0.05, 0.1) is 6.04 Å². The van der Waals surface area contributed by atoms with Gasteiger partial charge >= 0.3 is 0 Å². The Balaban J connectivity index is 0.00000280. The first-order valence-corrected chi connectivity index (χ1v) is 9.21. The van der Waals surface area contributed by atoms with Crippen molar-refractivity contribution in [3.05, 3.63) is 65.7 Å². The number of hydrogen-bond donors (Lipinski definition) is 3. The third kappa shape index (κ3) is 6.34. The zero-order valence-corrected chi connectivity index (χ0v) is 16.4. The molecule has 0 saturated carbocycles. The molecule has 1 heterocycles. The highest BCUT2D eigenvalue weighted by Crippen LogP contribution is 2.12. The highest BCUT2D eigenvalue weighted by molar-refractivity contribution is 5.97. The van der Waals surface area contributed by atoms with Crippen LogP contribution in [-0.2, 0) is 16.0 Å². The van der Waals surface area contributed by atoms with Gasteiger partial charge in [-0.15, -0.1) is 12.4 Å². The number of rotatable bonds is 6. The van der Waals surface area contributed by atoms with E-state index in [2.05, 4.69) is 10.6 Å². The minimum atomic E-state index is -0.635. The van der Waals surface area contributed by atoms with Crippen LogP contribution in [0.4, 0.5) is 5.69 Å². The van der Waals surface area contributed by atoms with Gasteiger partial charge in [0, 0.05) is 30.5 Å². The smallest absolute Gasteiger partial charge is 0.251 e. The summed E-state index contributed by atoms with van der Waals surface area (Å²) in [5.41, 5.74) is 8.19. The Bertz CT molecular complexity index is 762. The lowest BCUT2D eigenvalue weighted by Crippen LogP contribution is -2.39. The molecule has 1 atom stereocenters. The van der Waals surface area contributed by atoms with E-state index in [1.807, 2.05) is 30.3 Å². The fourth-order valence-electron chi connectivity index (χ4n) is 3.01. The maximum atomic E-state index is 12.3. The van der Waals surface area contributed by atoms with Crippen molar-refractivity contribution < 1.29 is 14.3 Å². The number of carbonyl (C=O) groups is 2. The molecule has 2 aromatic rings. The van der Waals surface area contributed by atoms with Gasteiger partial charge in [0.15, 0.2) is 0 Å². The predicted molar refractivity (Wildman–Crippen MR) is 112 cm³/mol. The Morgan fingerprint density at radius 1 is 1.04 bits per heavy atom. The zero-order chi connectivity index (χ0) is 19.1. The largest absolute Gasteiger partial charge is 0.381 e. The third-order valence-corrected chi connectivity index (χ3v) is 4.61. The van der Waals surface area contributed by atoms with Crippen LogP contribution in [0.5, 0.6) is 0 Å². The van der Waals surface area contributed by atoms with Crippen LogP contribution in [0.2, 0.25) is 0 Å². The molecule has 1 saturated heterocycles. The molecular formula is C21H26ClN3O3. The molecule has 0 bridgehead atoms. The quantitative estimate of drug-likeness (QED) is 0.690. The normalized spacial score (nSPS) is 15.2. The monoisotopic (exact) mass is 403 g/mol. The van der Waals surface area contributed by atoms with Crippen molar-refractivity contribution in [3.8, 4) is 0 Å². The molecule has 0 aliphatic carbocycles. The van der Waals surface area contributed by atoms with Gasteiger partial charge in [-0.25, -0.2) is 0 Å². The second-order valence-electron chi connectivity index (χ2n) is 6.72. The van der Waals surface area contributed by atoms with E-state index in [0.717, 1.165) is 18.4 Å². The lowest BCUT2D eigenvalue weighted by Gasteiger charge is -2.23. The third-order valence-electron chi connectivity index (χ3n) is 4.61. The van der Waals surface area contributed by atoms with Crippen molar-refractivity contribution >= 4 is 29.9 Å². The topological polar surface area (TPSA) is 93.5 Å². The maximum absolute atomic E-state index is 12.3. The van der Waals surface area contributed by atoms with Crippen LogP contribution < -0.4 is 16.4 Å².